The fraction of sp³-hybridized carbons (Fsp3) is 0.458. The monoisotopic (exact) mass is 523 g/mol. The van der Waals surface area contributed by atoms with E-state index in [9.17, 15) is 26.8 Å². The van der Waals surface area contributed by atoms with E-state index in [4.69, 9.17) is 11.6 Å². The van der Waals surface area contributed by atoms with Gasteiger partial charge < -0.3 is 10.2 Å². The van der Waals surface area contributed by atoms with Gasteiger partial charge >= 0.3 is 0 Å². The van der Waals surface area contributed by atoms with Gasteiger partial charge in [-0.3, -0.25) is 14.6 Å². The molecule has 35 heavy (non-hydrogen) atoms. The maximum absolute atomic E-state index is 14.7. The van der Waals surface area contributed by atoms with Crippen LogP contribution in [0.4, 0.5) is 8.78 Å². The van der Waals surface area contributed by atoms with Crippen LogP contribution in [0.15, 0.2) is 35.5 Å². The Labute approximate surface area is 206 Å². The normalized spacial score (nSPS) is 26.3. The molecule has 3 aliphatic rings. The van der Waals surface area contributed by atoms with Crippen LogP contribution < -0.4 is 5.32 Å². The molecule has 1 aromatic heterocycles. The predicted octanol–water partition coefficient (Wildman–Crippen LogP) is 3.39. The van der Waals surface area contributed by atoms with Crippen LogP contribution in [-0.4, -0.2) is 49.0 Å². The molecule has 7 nitrogen and oxygen atoms in total. The van der Waals surface area contributed by atoms with Crippen LogP contribution in [0.2, 0.25) is 5.02 Å². The lowest BCUT2D eigenvalue weighted by molar-refractivity contribution is -0.126. The van der Waals surface area contributed by atoms with Crippen LogP contribution in [0.3, 0.4) is 0 Å². The van der Waals surface area contributed by atoms with Crippen LogP contribution in [0.1, 0.15) is 41.7 Å². The van der Waals surface area contributed by atoms with E-state index >= 15 is 0 Å². The van der Waals surface area contributed by atoms with E-state index in [1.807, 2.05) is 6.92 Å². The minimum atomic E-state index is -3.57. The van der Waals surface area contributed by atoms with E-state index in [1.54, 1.807) is 0 Å². The van der Waals surface area contributed by atoms with Crippen molar-refractivity contribution in [2.75, 3.05) is 12.8 Å². The van der Waals surface area contributed by atoms with Gasteiger partial charge in [-0.2, -0.15) is 0 Å². The Kier molecular flexibility index (Phi) is 5.87. The van der Waals surface area contributed by atoms with Gasteiger partial charge in [0.15, 0.2) is 9.84 Å². The summed E-state index contributed by atoms with van der Waals surface area (Å²) in [5, 5.41) is 2.55. The summed E-state index contributed by atoms with van der Waals surface area (Å²) in [6.07, 6.45) is 4.98. The summed E-state index contributed by atoms with van der Waals surface area (Å²) in [6.45, 7) is 2.36. The SMILES string of the molecule is C[C@@H]1[C@@H]2CN(C(=O)c3cncc(S(C)(=O)=O)c3)[C@@H](C(=O)N[C@@H](c3cc(F)c(Cl)cc3F)C3CC3)[C@H]12. The second-order valence-electron chi connectivity index (χ2n) is 9.80. The van der Waals surface area contributed by atoms with E-state index in [1.165, 1.54) is 23.4 Å². The Morgan fingerprint density at radius 3 is 2.54 bits per heavy atom. The van der Waals surface area contributed by atoms with Gasteiger partial charge in [0.1, 0.15) is 17.7 Å². The summed E-state index contributed by atoms with van der Waals surface area (Å²) in [5.74, 6) is -2.11. The smallest absolute Gasteiger partial charge is 0.256 e. The van der Waals surface area contributed by atoms with Crippen LogP contribution in [0.25, 0.3) is 0 Å². The van der Waals surface area contributed by atoms with E-state index in [-0.39, 0.29) is 44.7 Å². The molecule has 0 unspecified atom stereocenters. The minimum Gasteiger partial charge on any atom is -0.347 e. The second-order valence-corrected chi connectivity index (χ2v) is 12.2. The number of sulfone groups is 1. The molecular weight excluding hydrogens is 500 g/mol. The highest BCUT2D eigenvalue weighted by Crippen LogP contribution is 2.55. The fourth-order valence-electron chi connectivity index (χ4n) is 5.26. The molecule has 1 saturated heterocycles. The molecule has 2 aliphatic carbocycles. The highest BCUT2D eigenvalue weighted by molar-refractivity contribution is 7.90. The third kappa shape index (κ3) is 4.42. The van der Waals surface area contributed by atoms with Crippen LogP contribution >= 0.6 is 11.6 Å². The quantitative estimate of drug-likeness (QED) is 0.585. The molecule has 1 aliphatic heterocycles. The van der Waals surface area contributed by atoms with Gasteiger partial charge in [0.2, 0.25) is 5.91 Å². The molecule has 1 aromatic carbocycles. The maximum Gasteiger partial charge on any atom is 0.256 e. The molecule has 0 radical (unpaired) electrons. The zero-order chi connectivity index (χ0) is 25.2. The molecule has 2 aromatic rings. The summed E-state index contributed by atoms with van der Waals surface area (Å²) in [5.41, 5.74) is 0.105. The molecule has 2 heterocycles. The van der Waals surface area contributed by atoms with Gasteiger partial charge in [0.05, 0.1) is 21.5 Å². The maximum atomic E-state index is 14.7. The number of likely N-dealkylation sites (tertiary alicyclic amines) is 1. The van der Waals surface area contributed by atoms with Gasteiger partial charge in [-0.15, -0.1) is 0 Å². The molecule has 0 bridgehead atoms. The topological polar surface area (TPSA) is 96.4 Å². The lowest BCUT2D eigenvalue weighted by atomic mass is 10.00. The average Bonchev–Trinajstić information content (AvgIpc) is 3.70. The molecule has 3 fully saturated rings. The highest BCUT2D eigenvalue weighted by Gasteiger charge is 2.62. The zero-order valence-electron chi connectivity index (χ0n) is 19.0. The fourth-order valence-corrected chi connectivity index (χ4v) is 6.01. The number of aromatic nitrogens is 1. The van der Waals surface area contributed by atoms with E-state index in [2.05, 4.69) is 10.3 Å². The number of benzene rings is 1. The molecule has 1 N–H and O–H groups in total. The number of amides is 2. The van der Waals surface area contributed by atoms with Crippen molar-refractivity contribution in [3.05, 3.63) is 58.4 Å². The van der Waals surface area contributed by atoms with Crippen LogP contribution in [-0.2, 0) is 14.6 Å². The number of nitrogens with one attached hydrogen (secondary N) is 1. The third-order valence-corrected chi connectivity index (χ3v) is 8.80. The number of halogens is 3. The van der Waals surface area contributed by atoms with Crippen molar-refractivity contribution in [3.8, 4) is 0 Å². The average molecular weight is 524 g/mol. The first-order chi connectivity index (χ1) is 16.5. The van der Waals surface area contributed by atoms with E-state index < -0.39 is 45.4 Å². The number of hydrogen-bond acceptors (Lipinski definition) is 5. The van der Waals surface area contributed by atoms with Gasteiger partial charge in [0, 0.05) is 30.8 Å². The number of carbonyl (C=O) groups is 2. The van der Waals surface area contributed by atoms with Gasteiger partial charge in [-0.1, -0.05) is 18.5 Å². The predicted molar refractivity (Wildman–Crippen MR) is 123 cm³/mol. The third-order valence-electron chi connectivity index (χ3n) is 7.43. The van der Waals surface area contributed by atoms with E-state index in [0.29, 0.717) is 6.54 Å². The number of carbonyl (C=O) groups excluding carboxylic acids is 2. The summed E-state index contributed by atoms with van der Waals surface area (Å²) in [4.78, 5) is 32.1. The van der Waals surface area contributed by atoms with Crippen molar-refractivity contribution in [1.29, 1.82) is 0 Å². The number of piperidine rings is 1. The zero-order valence-corrected chi connectivity index (χ0v) is 20.6. The molecule has 2 saturated carbocycles. The number of fused-ring (bicyclic) bond motifs is 1. The Balaban J connectivity index is 1.42. The molecule has 2 amide bonds. The molecule has 0 spiro atoms. The molecule has 186 valence electrons. The summed E-state index contributed by atoms with van der Waals surface area (Å²) in [7, 11) is -3.57. The van der Waals surface area contributed by atoms with Crippen LogP contribution in [0.5, 0.6) is 0 Å². The van der Waals surface area contributed by atoms with Crippen molar-refractivity contribution < 1.29 is 26.8 Å². The number of pyridine rings is 1. The molecule has 5 rings (SSSR count). The van der Waals surface area contributed by atoms with E-state index in [0.717, 1.165) is 31.2 Å². The summed E-state index contributed by atoms with van der Waals surface area (Å²) in [6, 6.07) is 1.63. The van der Waals surface area contributed by atoms with Crippen molar-refractivity contribution >= 4 is 33.3 Å². The van der Waals surface area contributed by atoms with Gasteiger partial charge in [-0.05, 0) is 54.7 Å². The molecular formula is C24H24ClF2N3O4S. The first kappa shape index (κ1) is 24.1. The minimum absolute atomic E-state index is 0.0315. The highest BCUT2D eigenvalue weighted by atomic mass is 35.5. The lowest BCUT2D eigenvalue weighted by Gasteiger charge is -2.30. The Bertz CT molecular complexity index is 1330. The van der Waals surface area contributed by atoms with Gasteiger partial charge in [-0.25, -0.2) is 17.2 Å². The Hall–Kier alpha value is -2.59. The Morgan fingerprint density at radius 1 is 1.17 bits per heavy atom. The lowest BCUT2D eigenvalue weighted by Crippen LogP contribution is -2.50. The second kappa shape index (κ2) is 8.51. The Morgan fingerprint density at radius 2 is 1.89 bits per heavy atom. The standard InChI is InChI=1S/C24H24ClF2N3O4S/c1-11-16-10-30(24(32)13-5-14(9-28-8-13)35(2,33)34)22(20(11)16)23(31)29-21(12-3-4-12)15-6-19(27)17(25)7-18(15)26/h5-9,11-12,16,20-22H,3-4,10H2,1-2H3,(H,29,31)/t11-,16+,20-,21-,22-/m1/s1. The first-order valence-corrected chi connectivity index (χ1v) is 13.6. The summed E-state index contributed by atoms with van der Waals surface area (Å²) < 4.78 is 52.6. The van der Waals surface area contributed by atoms with Crippen molar-refractivity contribution in [1.82, 2.24) is 15.2 Å². The number of hydrogen-bond donors (Lipinski definition) is 1. The largest absolute Gasteiger partial charge is 0.347 e. The van der Waals surface area contributed by atoms with Crippen molar-refractivity contribution in [3.63, 3.8) is 0 Å². The van der Waals surface area contributed by atoms with Crippen molar-refractivity contribution in [2.45, 2.75) is 36.7 Å². The van der Waals surface area contributed by atoms with Crippen molar-refractivity contribution in [2.24, 2.45) is 23.7 Å². The van der Waals surface area contributed by atoms with Crippen LogP contribution in [0, 0.1) is 35.3 Å². The first-order valence-electron chi connectivity index (χ1n) is 11.4. The number of rotatable bonds is 6. The molecule has 5 atom stereocenters. The molecule has 11 heteroatoms. The van der Waals surface area contributed by atoms with Gasteiger partial charge in [0.25, 0.3) is 5.91 Å². The number of nitrogens with zero attached hydrogens (tertiary/aromatic N) is 2. The summed E-state index contributed by atoms with van der Waals surface area (Å²) >= 11 is 5.70.